The van der Waals surface area contributed by atoms with Gasteiger partial charge in [-0.25, -0.2) is 0 Å². The number of aliphatic hydroxyl groups is 1. The first-order chi connectivity index (χ1) is 11.0. The number of hydrogen-bond donors (Lipinski definition) is 2. The molecule has 0 radical (unpaired) electrons. The van der Waals surface area contributed by atoms with Gasteiger partial charge < -0.3 is 10.2 Å². The Morgan fingerprint density at radius 2 is 1.26 bits per heavy atom. The highest BCUT2D eigenvalue weighted by atomic mass is 16.4. The van der Waals surface area contributed by atoms with Gasteiger partial charge in [0.2, 0.25) is 0 Å². The van der Waals surface area contributed by atoms with E-state index in [0.29, 0.717) is 6.42 Å². The SMILES string of the molecule is CCCCCCCCCCCCC(O)C(C)CCC(C)C(=O)O. The average Bonchev–Trinajstić information content (AvgIpc) is 2.53. The van der Waals surface area contributed by atoms with Gasteiger partial charge in [0, 0.05) is 0 Å². The third-order valence-corrected chi connectivity index (χ3v) is 4.99. The van der Waals surface area contributed by atoms with Crippen molar-refractivity contribution in [3.05, 3.63) is 0 Å². The third kappa shape index (κ3) is 13.6. The molecule has 0 aliphatic carbocycles. The van der Waals surface area contributed by atoms with Crippen LogP contribution in [0.4, 0.5) is 0 Å². The maximum atomic E-state index is 10.8. The number of aliphatic hydroxyl groups excluding tert-OH is 1. The van der Waals surface area contributed by atoms with Crippen LogP contribution in [0, 0.1) is 11.8 Å². The van der Waals surface area contributed by atoms with Crippen LogP contribution in [-0.4, -0.2) is 22.3 Å². The molecule has 0 aliphatic heterocycles. The Bertz CT molecular complexity index is 278. The van der Waals surface area contributed by atoms with Crippen molar-refractivity contribution in [1.29, 1.82) is 0 Å². The summed E-state index contributed by atoms with van der Waals surface area (Å²) in [7, 11) is 0. The van der Waals surface area contributed by atoms with E-state index in [2.05, 4.69) is 6.92 Å². The molecule has 138 valence electrons. The second-order valence-electron chi connectivity index (χ2n) is 7.33. The van der Waals surface area contributed by atoms with Gasteiger partial charge in [0.1, 0.15) is 0 Å². The third-order valence-electron chi connectivity index (χ3n) is 4.99. The van der Waals surface area contributed by atoms with Gasteiger partial charge in [-0.15, -0.1) is 0 Å². The van der Waals surface area contributed by atoms with Crippen LogP contribution >= 0.6 is 0 Å². The fourth-order valence-corrected chi connectivity index (χ4v) is 2.95. The summed E-state index contributed by atoms with van der Waals surface area (Å²) in [5, 5.41) is 19.0. The number of aliphatic carboxylic acids is 1. The molecule has 3 nitrogen and oxygen atoms in total. The summed E-state index contributed by atoms with van der Waals surface area (Å²) in [6, 6.07) is 0. The van der Waals surface area contributed by atoms with Gasteiger partial charge in [0.15, 0.2) is 0 Å². The van der Waals surface area contributed by atoms with Crippen molar-refractivity contribution in [2.45, 2.75) is 110 Å². The zero-order chi connectivity index (χ0) is 17.5. The predicted octanol–water partition coefficient (Wildman–Crippen LogP) is 5.80. The van der Waals surface area contributed by atoms with E-state index in [0.717, 1.165) is 19.3 Å². The normalized spacial score (nSPS) is 15.3. The topological polar surface area (TPSA) is 57.5 Å². The summed E-state index contributed by atoms with van der Waals surface area (Å²) in [6.45, 7) is 6.03. The second kappa shape index (κ2) is 15.0. The molecule has 23 heavy (non-hydrogen) atoms. The molecule has 3 unspecified atom stereocenters. The van der Waals surface area contributed by atoms with Crippen LogP contribution in [0.3, 0.4) is 0 Å². The maximum absolute atomic E-state index is 10.8. The molecule has 0 rings (SSSR count). The van der Waals surface area contributed by atoms with Crippen molar-refractivity contribution in [2.75, 3.05) is 0 Å². The Morgan fingerprint density at radius 1 is 0.783 bits per heavy atom. The van der Waals surface area contributed by atoms with E-state index < -0.39 is 5.97 Å². The molecule has 0 aromatic heterocycles. The lowest BCUT2D eigenvalue weighted by Crippen LogP contribution is -2.19. The molecule has 0 spiro atoms. The Hall–Kier alpha value is -0.570. The molecule has 0 bridgehead atoms. The molecule has 0 aromatic carbocycles. The van der Waals surface area contributed by atoms with Crippen LogP contribution in [-0.2, 0) is 4.79 Å². The minimum absolute atomic E-state index is 0.204. The van der Waals surface area contributed by atoms with Crippen molar-refractivity contribution in [3.8, 4) is 0 Å². The second-order valence-corrected chi connectivity index (χ2v) is 7.33. The van der Waals surface area contributed by atoms with Gasteiger partial charge in [0.25, 0.3) is 0 Å². The molecule has 2 N–H and O–H groups in total. The molecular weight excluding hydrogens is 288 g/mol. The van der Waals surface area contributed by atoms with E-state index in [1.165, 1.54) is 57.8 Å². The van der Waals surface area contributed by atoms with Crippen molar-refractivity contribution in [3.63, 3.8) is 0 Å². The van der Waals surface area contributed by atoms with Gasteiger partial charge in [-0.2, -0.15) is 0 Å². The number of carboxylic acid groups (broad SMARTS) is 1. The molecule has 0 saturated heterocycles. The summed E-state index contributed by atoms with van der Waals surface area (Å²) < 4.78 is 0. The lowest BCUT2D eigenvalue weighted by molar-refractivity contribution is -0.141. The van der Waals surface area contributed by atoms with E-state index in [-0.39, 0.29) is 17.9 Å². The smallest absolute Gasteiger partial charge is 0.306 e. The first-order valence-electron chi connectivity index (χ1n) is 9.89. The first kappa shape index (κ1) is 22.4. The molecule has 0 aromatic rings. The van der Waals surface area contributed by atoms with E-state index in [1.54, 1.807) is 6.92 Å². The van der Waals surface area contributed by atoms with Crippen molar-refractivity contribution in [2.24, 2.45) is 11.8 Å². The van der Waals surface area contributed by atoms with Crippen LogP contribution in [0.15, 0.2) is 0 Å². The molecular formula is C20H40O3. The minimum atomic E-state index is -0.735. The maximum Gasteiger partial charge on any atom is 0.306 e. The molecule has 0 heterocycles. The summed E-state index contributed by atoms with van der Waals surface area (Å²) in [5.74, 6) is -0.835. The Kier molecular flexibility index (Phi) is 14.6. The van der Waals surface area contributed by atoms with Crippen LogP contribution in [0.25, 0.3) is 0 Å². The van der Waals surface area contributed by atoms with Gasteiger partial charge in [0.05, 0.1) is 12.0 Å². The lowest BCUT2D eigenvalue weighted by Gasteiger charge is -2.19. The van der Waals surface area contributed by atoms with Crippen LogP contribution in [0.2, 0.25) is 0 Å². The highest BCUT2D eigenvalue weighted by molar-refractivity contribution is 5.69. The largest absolute Gasteiger partial charge is 0.481 e. The molecule has 0 amide bonds. The molecule has 3 atom stereocenters. The van der Waals surface area contributed by atoms with Crippen LogP contribution in [0.5, 0.6) is 0 Å². The minimum Gasteiger partial charge on any atom is -0.481 e. The fourth-order valence-electron chi connectivity index (χ4n) is 2.95. The van der Waals surface area contributed by atoms with Gasteiger partial charge in [-0.05, 0) is 25.2 Å². The highest BCUT2D eigenvalue weighted by Gasteiger charge is 2.17. The van der Waals surface area contributed by atoms with E-state index >= 15 is 0 Å². The predicted molar refractivity (Wildman–Crippen MR) is 97.7 cm³/mol. The molecule has 0 fully saturated rings. The van der Waals surface area contributed by atoms with Crippen LogP contribution in [0.1, 0.15) is 104 Å². The van der Waals surface area contributed by atoms with Gasteiger partial charge >= 0.3 is 5.97 Å². The van der Waals surface area contributed by atoms with E-state index in [4.69, 9.17) is 5.11 Å². The summed E-state index contributed by atoms with van der Waals surface area (Å²) in [4.78, 5) is 10.8. The first-order valence-corrected chi connectivity index (χ1v) is 9.89. The summed E-state index contributed by atoms with van der Waals surface area (Å²) >= 11 is 0. The molecule has 0 aliphatic rings. The molecule has 0 saturated carbocycles. The fraction of sp³-hybridized carbons (Fsp3) is 0.950. The van der Waals surface area contributed by atoms with Crippen LogP contribution < -0.4 is 0 Å². The quantitative estimate of drug-likeness (QED) is 0.352. The number of hydrogen-bond acceptors (Lipinski definition) is 2. The van der Waals surface area contributed by atoms with Crippen molar-refractivity contribution < 1.29 is 15.0 Å². The van der Waals surface area contributed by atoms with Gasteiger partial charge in [-0.1, -0.05) is 85.0 Å². The zero-order valence-corrected chi connectivity index (χ0v) is 15.7. The summed E-state index contributed by atoms with van der Waals surface area (Å²) in [6.07, 6.45) is 15.2. The molecule has 3 heteroatoms. The Morgan fingerprint density at radius 3 is 1.74 bits per heavy atom. The van der Waals surface area contributed by atoms with E-state index in [1.807, 2.05) is 6.92 Å². The number of carbonyl (C=O) groups is 1. The highest BCUT2D eigenvalue weighted by Crippen LogP contribution is 2.20. The number of rotatable bonds is 16. The Balaban J connectivity index is 3.44. The monoisotopic (exact) mass is 328 g/mol. The van der Waals surface area contributed by atoms with E-state index in [9.17, 15) is 9.90 Å². The lowest BCUT2D eigenvalue weighted by atomic mass is 9.91. The number of carboxylic acids is 1. The zero-order valence-electron chi connectivity index (χ0n) is 15.7. The van der Waals surface area contributed by atoms with Crippen molar-refractivity contribution in [1.82, 2.24) is 0 Å². The number of unbranched alkanes of at least 4 members (excludes halogenated alkanes) is 9. The standard InChI is InChI=1S/C20H40O3/c1-4-5-6-7-8-9-10-11-12-13-14-19(21)17(2)15-16-18(3)20(22)23/h17-19,21H,4-16H2,1-3H3,(H,22,23). The van der Waals surface area contributed by atoms with Gasteiger partial charge in [-0.3, -0.25) is 4.79 Å². The summed E-state index contributed by atoms with van der Waals surface area (Å²) in [5.41, 5.74) is 0. The Labute approximate surface area is 143 Å². The average molecular weight is 329 g/mol. The van der Waals surface area contributed by atoms with Crippen molar-refractivity contribution >= 4 is 5.97 Å².